The first-order chi connectivity index (χ1) is 8.28. The highest BCUT2D eigenvalue weighted by atomic mass is 79.9. The van der Waals surface area contributed by atoms with Crippen LogP contribution in [0.25, 0.3) is 0 Å². The van der Waals surface area contributed by atoms with Crippen LogP contribution in [0.3, 0.4) is 0 Å². The van der Waals surface area contributed by atoms with Crippen molar-refractivity contribution in [3.05, 3.63) is 28.7 Å². The lowest BCUT2D eigenvalue weighted by Gasteiger charge is -2.04. The summed E-state index contributed by atoms with van der Waals surface area (Å²) in [6.45, 7) is 0.778. The summed E-state index contributed by atoms with van der Waals surface area (Å²) in [5, 5.41) is 4.33. The number of benzene rings is 1. The van der Waals surface area contributed by atoms with Crippen LogP contribution in [0.15, 0.2) is 33.7 Å². The normalized spacial score (nSPS) is 19.2. The predicted octanol–water partition coefficient (Wildman–Crippen LogP) is 3.37. The van der Waals surface area contributed by atoms with Crippen molar-refractivity contribution >= 4 is 38.5 Å². The SMILES string of the molecule is COCCC1CSC(Nc2ccc(Br)cc2)=N1. The molecule has 1 aromatic rings. The minimum absolute atomic E-state index is 0.387. The Morgan fingerprint density at radius 1 is 1.47 bits per heavy atom. The molecular weight excluding hydrogens is 300 g/mol. The fourth-order valence-corrected chi connectivity index (χ4v) is 2.81. The molecule has 1 aliphatic rings. The molecule has 1 aromatic carbocycles. The minimum Gasteiger partial charge on any atom is -0.385 e. The molecule has 0 saturated carbocycles. The Hall–Kier alpha value is -0.520. The number of amidine groups is 1. The predicted molar refractivity (Wildman–Crippen MR) is 77.9 cm³/mol. The summed E-state index contributed by atoms with van der Waals surface area (Å²) in [5.41, 5.74) is 1.08. The zero-order valence-electron chi connectivity index (χ0n) is 9.65. The molecule has 0 aliphatic carbocycles. The van der Waals surface area contributed by atoms with Gasteiger partial charge in [0.15, 0.2) is 5.17 Å². The van der Waals surface area contributed by atoms with Crippen molar-refractivity contribution in [2.24, 2.45) is 4.99 Å². The van der Waals surface area contributed by atoms with E-state index in [0.717, 1.165) is 34.1 Å². The van der Waals surface area contributed by atoms with E-state index in [2.05, 4.69) is 26.2 Å². The number of aliphatic imine (C=N–C) groups is 1. The lowest BCUT2D eigenvalue weighted by Crippen LogP contribution is -2.07. The standard InChI is InChI=1S/C12H15BrN2OS/c1-16-7-6-11-8-17-12(15-11)14-10-4-2-9(13)3-5-10/h2-5,11H,6-8H2,1H3,(H,14,15). The van der Waals surface area contributed by atoms with E-state index in [1.54, 1.807) is 18.9 Å². The van der Waals surface area contributed by atoms with E-state index in [1.807, 2.05) is 24.3 Å². The molecule has 17 heavy (non-hydrogen) atoms. The van der Waals surface area contributed by atoms with Crippen molar-refractivity contribution in [1.82, 2.24) is 0 Å². The van der Waals surface area contributed by atoms with Crippen LogP contribution in [-0.4, -0.2) is 30.7 Å². The molecule has 0 bridgehead atoms. The molecule has 1 atom stereocenters. The second kappa shape index (κ2) is 6.42. The summed E-state index contributed by atoms with van der Waals surface area (Å²) < 4.78 is 6.15. The molecule has 0 amide bonds. The van der Waals surface area contributed by atoms with Gasteiger partial charge in [0.2, 0.25) is 0 Å². The third-order valence-corrected chi connectivity index (χ3v) is 4.02. The summed E-state index contributed by atoms with van der Waals surface area (Å²) in [6.07, 6.45) is 0.995. The number of rotatable bonds is 4. The highest BCUT2D eigenvalue weighted by Gasteiger charge is 2.17. The first-order valence-corrected chi connectivity index (χ1v) is 7.28. The van der Waals surface area contributed by atoms with Crippen molar-refractivity contribution in [3.63, 3.8) is 0 Å². The molecular formula is C12H15BrN2OS. The lowest BCUT2D eigenvalue weighted by atomic mass is 10.2. The van der Waals surface area contributed by atoms with Crippen LogP contribution in [0.1, 0.15) is 6.42 Å². The molecule has 0 saturated heterocycles. The number of hydrogen-bond donors (Lipinski definition) is 1. The van der Waals surface area contributed by atoms with E-state index in [0.29, 0.717) is 6.04 Å². The van der Waals surface area contributed by atoms with Crippen LogP contribution in [0.4, 0.5) is 5.69 Å². The molecule has 1 unspecified atom stereocenters. The van der Waals surface area contributed by atoms with Gasteiger partial charge >= 0.3 is 0 Å². The maximum absolute atomic E-state index is 5.07. The average molecular weight is 315 g/mol. The van der Waals surface area contributed by atoms with Gasteiger partial charge in [0.1, 0.15) is 0 Å². The van der Waals surface area contributed by atoms with Crippen LogP contribution in [0.2, 0.25) is 0 Å². The van der Waals surface area contributed by atoms with Gasteiger partial charge < -0.3 is 10.1 Å². The average Bonchev–Trinajstić information content (AvgIpc) is 2.77. The van der Waals surface area contributed by atoms with E-state index in [-0.39, 0.29) is 0 Å². The van der Waals surface area contributed by atoms with Crippen molar-refractivity contribution in [2.75, 3.05) is 24.8 Å². The molecule has 0 fully saturated rings. The van der Waals surface area contributed by atoms with Crippen molar-refractivity contribution in [2.45, 2.75) is 12.5 Å². The highest BCUT2D eigenvalue weighted by molar-refractivity contribution is 9.10. The zero-order valence-corrected chi connectivity index (χ0v) is 12.1. The van der Waals surface area contributed by atoms with Gasteiger partial charge in [0.25, 0.3) is 0 Å². The van der Waals surface area contributed by atoms with Gasteiger partial charge in [-0.1, -0.05) is 27.7 Å². The summed E-state index contributed by atoms with van der Waals surface area (Å²) in [7, 11) is 1.73. The fourth-order valence-electron chi connectivity index (χ4n) is 1.54. The minimum atomic E-state index is 0.387. The van der Waals surface area contributed by atoms with Crippen LogP contribution in [0.5, 0.6) is 0 Å². The van der Waals surface area contributed by atoms with E-state index >= 15 is 0 Å². The smallest absolute Gasteiger partial charge is 0.161 e. The molecule has 0 spiro atoms. The summed E-state index contributed by atoms with van der Waals surface area (Å²) in [4.78, 5) is 4.62. The van der Waals surface area contributed by atoms with E-state index < -0.39 is 0 Å². The molecule has 0 radical (unpaired) electrons. The Labute approximate surface area is 114 Å². The maximum Gasteiger partial charge on any atom is 0.161 e. The van der Waals surface area contributed by atoms with Gasteiger partial charge in [-0.05, 0) is 30.7 Å². The number of nitrogens with one attached hydrogen (secondary N) is 1. The van der Waals surface area contributed by atoms with Gasteiger partial charge in [-0.3, -0.25) is 4.99 Å². The Kier molecular flexibility index (Phi) is 4.88. The van der Waals surface area contributed by atoms with Gasteiger partial charge in [0, 0.05) is 29.6 Å². The van der Waals surface area contributed by atoms with Crippen LogP contribution < -0.4 is 5.32 Å². The van der Waals surface area contributed by atoms with Gasteiger partial charge in [-0.25, -0.2) is 0 Å². The Balaban J connectivity index is 1.89. The third-order valence-electron chi connectivity index (χ3n) is 2.46. The molecule has 2 rings (SSSR count). The zero-order chi connectivity index (χ0) is 12.1. The van der Waals surface area contributed by atoms with Crippen LogP contribution in [0, 0.1) is 0 Å². The number of halogens is 1. The monoisotopic (exact) mass is 314 g/mol. The van der Waals surface area contributed by atoms with Crippen LogP contribution in [-0.2, 0) is 4.74 Å². The van der Waals surface area contributed by atoms with Gasteiger partial charge in [-0.2, -0.15) is 0 Å². The van der Waals surface area contributed by atoms with E-state index in [1.165, 1.54) is 0 Å². The van der Waals surface area contributed by atoms with Crippen molar-refractivity contribution in [1.29, 1.82) is 0 Å². The number of methoxy groups -OCH3 is 1. The molecule has 5 heteroatoms. The summed E-state index contributed by atoms with van der Waals surface area (Å²) in [6, 6.07) is 8.50. The first-order valence-electron chi connectivity index (χ1n) is 5.50. The van der Waals surface area contributed by atoms with Gasteiger partial charge in [-0.15, -0.1) is 0 Å². The number of nitrogens with zero attached hydrogens (tertiary/aromatic N) is 1. The number of ether oxygens (including phenoxy) is 1. The molecule has 1 heterocycles. The quantitative estimate of drug-likeness (QED) is 0.925. The number of thioether (sulfide) groups is 1. The molecule has 1 N–H and O–H groups in total. The third kappa shape index (κ3) is 4.01. The van der Waals surface area contributed by atoms with E-state index in [4.69, 9.17) is 4.74 Å². The molecule has 3 nitrogen and oxygen atoms in total. The van der Waals surface area contributed by atoms with Crippen molar-refractivity contribution < 1.29 is 4.74 Å². The summed E-state index contributed by atoms with van der Waals surface area (Å²) in [5.74, 6) is 1.04. The first kappa shape index (κ1) is 12.9. The molecule has 92 valence electrons. The molecule has 0 aromatic heterocycles. The van der Waals surface area contributed by atoms with Crippen molar-refractivity contribution in [3.8, 4) is 0 Å². The Morgan fingerprint density at radius 3 is 2.94 bits per heavy atom. The fraction of sp³-hybridized carbons (Fsp3) is 0.417. The number of hydrogen-bond acceptors (Lipinski definition) is 4. The largest absolute Gasteiger partial charge is 0.385 e. The van der Waals surface area contributed by atoms with Gasteiger partial charge in [0.05, 0.1) is 6.04 Å². The number of anilines is 1. The maximum atomic E-state index is 5.07. The summed E-state index contributed by atoms with van der Waals surface area (Å²) >= 11 is 5.19. The Bertz CT molecular complexity index is 394. The topological polar surface area (TPSA) is 33.6 Å². The van der Waals surface area contributed by atoms with E-state index in [9.17, 15) is 0 Å². The second-order valence-corrected chi connectivity index (χ2v) is 5.74. The lowest BCUT2D eigenvalue weighted by molar-refractivity contribution is 0.190. The Morgan fingerprint density at radius 2 is 2.24 bits per heavy atom. The highest BCUT2D eigenvalue weighted by Crippen LogP contribution is 2.22. The second-order valence-electron chi connectivity index (χ2n) is 3.81. The molecule has 1 aliphatic heterocycles. The van der Waals surface area contributed by atoms with Crippen LogP contribution >= 0.6 is 27.7 Å².